The number of nitrogens with two attached hydrogens (primary N) is 1. The van der Waals surface area contributed by atoms with Crippen molar-refractivity contribution in [2.75, 3.05) is 5.75 Å². The first-order chi connectivity index (χ1) is 9.79. The molecular formula is C13H16F2N4OS. The molecule has 2 aromatic rings. The summed E-state index contributed by atoms with van der Waals surface area (Å²) < 4.78 is 28.4. The molecule has 0 aliphatic heterocycles. The molecule has 0 spiro atoms. The van der Waals surface area contributed by atoms with Crippen molar-refractivity contribution in [1.29, 1.82) is 0 Å². The second kappa shape index (κ2) is 5.61. The van der Waals surface area contributed by atoms with Crippen LogP contribution in [0.5, 0.6) is 0 Å². The first-order valence-electron chi connectivity index (χ1n) is 6.32. The number of nitrogens with one attached hydrogen (secondary N) is 1. The first kappa shape index (κ1) is 15.7. The summed E-state index contributed by atoms with van der Waals surface area (Å²) >= 11 is 1.44. The SMILES string of the molecule is CCSc1cc2c(cc1C(=O)NN)nc(C(C)(F)F)n2C. The average molecular weight is 314 g/mol. The van der Waals surface area contributed by atoms with Crippen LogP contribution < -0.4 is 11.3 Å². The lowest BCUT2D eigenvalue weighted by molar-refractivity contribution is 0.00548. The van der Waals surface area contributed by atoms with Crippen LogP contribution in [0.25, 0.3) is 11.0 Å². The van der Waals surface area contributed by atoms with E-state index in [0.29, 0.717) is 21.5 Å². The molecule has 21 heavy (non-hydrogen) atoms. The fourth-order valence-electron chi connectivity index (χ4n) is 2.14. The number of fused-ring (bicyclic) bond motifs is 1. The number of imidazole rings is 1. The van der Waals surface area contributed by atoms with Gasteiger partial charge in [0.2, 0.25) is 0 Å². The van der Waals surface area contributed by atoms with Crippen molar-refractivity contribution in [3.63, 3.8) is 0 Å². The Morgan fingerprint density at radius 1 is 1.52 bits per heavy atom. The van der Waals surface area contributed by atoms with Crippen molar-refractivity contribution in [2.24, 2.45) is 12.9 Å². The third-order valence-corrected chi connectivity index (χ3v) is 3.99. The van der Waals surface area contributed by atoms with Gasteiger partial charge in [0.25, 0.3) is 5.91 Å². The monoisotopic (exact) mass is 314 g/mol. The van der Waals surface area contributed by atoms with Crippen LogP contribution in [0.4, 0.5) is 8.78 Å². The molecule has 3 N–H and O–H groups in total. The van der Waals surface area contributed by atoms with Crippen LogP contribution >= 0.6 is 11.8 Å². The Bertz CT molecular complexity index is 694. The van der Waals surface area contributed by atoms with Crippen molar-refractivity contribution in [2.45, 2.75) is 24.7 Å². The lowest BCUT2D eigenvalue weighted by Crippen LogP contribution is -2.30. The largest absolute Gasteiger partial charge is 0.326 e. The molecule has 2 rings (SSSR count). The van der Waals surface area contributed by atoms with Crippen molar-refractivity contribution < 1.29 is 13.6 Å². The van der Waals surface area contributed by atoms with Crippen molar-refractivity contribution in [3.05, 3.63) is 23.5 Å². The number of aromatic nitrogens is 2. The normalized spacial score (nSPS) is 11.9. The van der Waals surface area contributed by atoms with Gasteiger partial charge in [-0.15, -0.1) is 11.8 Å². The highest BCUT2D eigenvalue weighted by Crippen LogP contribution is 2.32. The van der Waals surface area contributed by atoms with Crippen LogP contribution in [0.15, 0.2) is 17.0 Å². The quantitative estimate of drug-likeness (QED) is 0.393. The molecule has 0 aliphatic rings. The van der Waals surface area contributed by atoms with Gasteiger partial charge in [0.1, 0.15) is 0 Å². The first-order valence-corrected chi connectivity index (χ1v) is 7.30. The molecule has 0 radical (unpaired) electrons. The molecule has 0 aliphatic carbocycles. The molecule has 1 amide bonds. The van der Waals surface area contributed by atoms with Crippen LogP contribution in [-0.4, -0.2) is 21.2 Å². The van der Waals surface area contributed by atoms with E-state index in [1.807, 2.05) is 6.92 Å². The van der Waals surface area contributed by atoms with Gasteiger partial charge in [-0.1, -0.05) is 6.92 Å². The molecule has 0 unspecified atom stereocenters. The number of thioether (sulfide) groups is 1. The molecule has 0 bridgehead atoms. The summed E-state index contributed by atoms with van der Waals surface area (Å²) in [6.45, 7) is 2.73. The Morgan fingerprint density at radius 2 is 2.19 bits per heavy atom. The van der Waals surface area contributed by atoms with E-state index in [1.54, 1.807) is 6.07 Å². The number of nitrogens with zero attached hydrogens (tertiary/aromatic N) is 2. The predicted molar refractivity (Wildman–Crippen MR) is 78.3 cm³/mol. The highest BCUT2D eigenvalue weighted by atomic mass is 32.2. The fraction of sp³-hybridized carbons (Fsp3) is 0.385. The summed E-state index contributed by atoms with van der Waals surface area (Å²) in [4.78, 5) is 16.4. The van der Waals surface area contributed by atoms with Gasteiger partial charge in [-0.2, -0.15) is 8.78 Å². The van der Waals surface area contributed by atoms with E-state index in [-0.39, 0.29) is 5.82 Å². The summed E-state index contributed by atoms with van der Waals surface area (Å²) in [5.41, 5.74) is 3.29. The number of benzene rings is 1. The van der Waals surface area contributed by atoms with Crippen LogP contribution in [0.3, 0.4) is 0 Å². The minimum Gasteiger partial charge on any atom is -0.326 e. The molecule has 8 heteroatoms. The molecule has 1 aromatic heterocycles. The van der Waals surface area contributed by atoms with Crippen molar-refractivity contribution in [1.82, 2.24) is 15.0 Å². The minimum absolute atomic E-state index is 0.334. The van der Waals surface area contributed by atoms with Gasteiger partial charge in [-0.25, -0.2) is 10.8 Å². The van der Waals surface area contributed by atoms with Crippen LogP contribution in [0, 0.1) is 0 Å². The predicted octanol–water partition coefficient (Wildman–Crippen LogP) is 2.40. The summed E-state index contributed by atoms with van der Waals surface area (Å²) in [6, 6.07) is 3.18. The second-order valence-electron chi connectivity index (χ2n) is 4.63. The molecule has 0 saturated carbocycles. The Labute approximate surface area is 124 Å². The minimum atomic E-state index is -3.05. The third kappa shape index (κ3) is 2.86. The number of carbonyl (C=O) groups is 1. The number of carbonyl (C=O) groups excluding carboxylic acids is 1. The maximum atomic E-state index is 13.5. The van der Waals surface area contributed by atoms with Crippen LogP contribution in [0.2, 0.25) is 0 Å². The third-order valence-electron chi connectivity index (χ3n) is 3.05. The zero-order chi connectivity index (χ0) is 15.8. The summed E-state index contributed by atoms with van der Waals surface area (Å²) in [7, 11) is 1.53. The molecule has 0 fully saturated rings. The highest BCUT2D eigenvalue weighted by molar-refractivity contribution is 7.99. The summed E-state index contributed by atoms with van der Waals surface area (Å²) in [6.07, 6.45) is 0. The topological polar surface area (TPSA) is 72.9 Å². The molecule has 5 nitrogen and oxygen atoms in total. The molecule has 1 heterocycles. The lowest BCUT2D eigenvalue weighted by Gasteiger charge is -2.10. The van der Waals surface area contributed by atoms with Gasteiger partial charge in [-0.05, 0) is 17.9 Å². The lowest BCUT2D eigenvalue weighted by atomic mass is 10.2. The maximum Gasteiger partial charge on any atom is 0.302 e. The fourth-order valence-corrected chi connectivity index (χ4v) is 2.95. The Hall–Kier alpha value is -1.67. The highest BCUT2D eigenvalue weighted by Gasteiger charge is 2.31. The number of rotatable bonds is 4. The number of aryl methyl sites for hydroxylation is 1. The van der Waals surface area contributed by atoms with Gasteiger partial charge in [-0.3, -0.25) is 10.2 Å². The molecule has 0 atom stereocenters. The molecular weight excluding hydrogens is 298 g/mol. The smallest absolute Gasteiger partial charge is 0.302 e. The van der Waals surface area contributed by atoms with E-state index in [4.69, 9.17) is 5.84 Å². The van der Waals surface area contributed by atoms with Crippen LogP contribution in [-0.2, 0) is 13.0 Å². The molecule has 1 aromatic carbocycles. The zero-order valence-corrected chi connectivity index (χ0v) is 12.7. The number of hydrogen-bond acceptors (Lipinski definition) is 4. The maximum absolute atomic E-state index is 13.5. The van der Waals surface area contributed by atoms with Crippen LogP contribution in [0.1, 0.15) is 30.0 Å². The van der Waals surface area contributed by atoms with Gasteiger partial charge in [0, 0.05) is 18.9 Å². The van der Waals surface area contributed by atoms with E-state index < -0.39 is 11.8 Å². The average Bonchev–Trinajstić information content (AvgIpc) is 2.74. The van der Waals surface area contributed by atoms with E-state index in [2.05, 4.69) is 10.4 Å². The van der Waals surface area contributed by atoms with E-state index in [1.165, 1.54) is 29.4 Å². The van der Waals surface area contributed by atoms with Crippen molar-refractivity contribution >= 4 is 28.7 Å². The van der Waals surface area contributed by atoms with E-state index in [0.717, 1.165) is 12.7 Å². The van der Waals surface area contributed by atoms with Gasteiger partial charge < -0.3 is 4.57 Å². The Kier molecular flexibility index (Phi) is 4.20. The standard InChI is InChI=1S/C13H16F2N4OS/c1-4-21-10-6-9-8(5-7(10)11(20)18-16)17-12(19(9)3)13(2,14)15/h5-6H,4,16H2,1-3H3,(H,18,20). The van der Waals surface area contributed by atoms with Gasteiger partial charge in [0.05, 0.1) is 16.6 Å². The molecule has 0 saturated heterocycles. The van der Waals surface area contributed by atoms with E-state index >= 15 is 0 Å². The zero-order valence-electron chi connectivity index (χ0n) is 11.9. The van der Waals surface area contributed by atoms with Crippen molar-refractivity contribution in [3.8, 4) is 0 Å². The molecule has 114 valence electrons. The Morgan fingerprint density at radius 3 is 2.71 bits per heavy atom. The number of hydrogen-bond donors (Lipinski definition) is 2. The number of nitrogen functional groups attached to an aromatic ring is 1. The van der Waals surface area contributed by atoms with E-state index in [9.17, 15) is 13.6 Å². The number of halogens is 2. The summed E-state index contributed by atoms with van der Waals surface area (Å²) in [5.74, 6) is 2.04. The number of hydrazine groups is 1. The number of amides is 1. The second-order valence-corrected chi connectivity index (χ2v) is 5.93. The van der Waals surface area contributed by atoms with Gasteiger partial charge in [0.15, 0.2) is 5.82 Å². The summed E-state index contributed by atoms with van der Waals surface area (Å²) in [5, 5.41) is 0. The van der Waals surface area contributed by atoms with Gasteiger partial charge >= 0.3 is 5.92 Å². The Balaban J connectivity index is 2.71. The number of alkyl halides is 2.